The first-order chi connectivity index (χ1) is 12.4. The average Bonchev–Trinajstić information content (AvgIpc) is 3.13. The van der Waals surface area contributed by atoms with E-state index >= 15 is 0 Å². The molecule has 0 aliphatic rings. The molecule has 0 fully saturated rings. The lowest BCUT2D eigenvalue weighted by molar-refractivity contribution is -0.130. The van der Waals surface area contributed by atoms with Gasteiger partial charge in [-0.1, -0.05) is 6.07 Å². The SMILES string of the molecule is CC(NC(=O)c1cccc(NC(=O)CCn2ccnc2)c1)C(=O)N(C)C. The Balaban J connectivity index is 1.93. The summed E-state index contributed by atoms with van der Waals surface area (Å²) in [5.41, 5.74) is 0.899. The number of imidazole rings is 1. The highest BCUT2D eigenvalue weighted by Gasteiger charge is 2.18. The van der Waals surface area contributed by atoms with Crippen LogP contribution in [0.5, 0.6) is 0 Å². The number of anilines is 1. The summed E-state index contributed by atoms with van der Waals surface area (Å²) < 4.78 is 1.81. The molecule has 8 heteroatoms. The quantitative estimate of drug-likeness (QED) is 0.776. The molecule has 0 bridgehead atoms. The summed E-state index contributed by atoms with van der Waals surface area (Å²) >= 11 is 0. The van der Waals surface area contributed by atoms with Crippen molar-refractivity contribution in [2.75, 3.05) is 19.4 Å². The van der Waals surface area contributed by atoms with E-state index in [9.17, 15) is 14.4 Å². The Bertz CT molecular complexity index is 771. The number of likely N-dealkylation sites (N-methyl/N-ethyl adjacent to an activating group) is 1. The van der Waals surface area contributed by atoms with Crippen LogP contribution in [-0.2, 0) is 16.1 Å². The van der Waals surface area contributed by atoms with Gasteiger partial charge < -0.3 is 20.1 Å². The van der Waals surface area contributed by atoms with Gasteiger partial charge in [0.1, 0.15) is 6.04 Å². The first-order valence-electron chi connectivity index (χ1n) is 8.24. The molecule has 0 radical (unpaired) electrons. The number of hydrogen-bond acceptors (Lipinski definition) is 4. The van der Waals surface area contributed by atoms with E-state index in [0.29, 0.717) is 24.2 Å². The minimum atomic E-state index is -0.633. The maximum absolute atomic E-state index is 12.3. The van der Waals surface area contributed by atoms with Gasteiger partial charge in [0.25, 0.3) is 5.91 Å². The number of nitrogens with zero attached hydrogens (tertiary/aromatic N) is 3. The van der Waals surface area contributed by atoms with Crippen LogP contribution in [0, 0.1) is 0 Å². The summed E-state index contributed by atoms with van der Waals surface area (Å²) in [6.07, 6.45) is 5.38. The first kappa shape index (κ1) is 19.2. The smallest absolute Gasteiger partial charge is 0.251 e. The summed E-state index contributed by atoms with van der Waals surface area (Å²) in [7, 11) is 3.26. The summed E-state index contributed by atoms with van der Waals surface area (Å²) in [6, 6.07) is 5.96. The fourth-order valence-electron chi connectivity index (χ4n) is 2.34. The van der Waals surface area contributed by atoms with Gasteiger partial charge in [0.2, 0.25) is 11.8 Å². The van der Waals surface area contributed by atoms with Crippen LogP contribution < -0.4 is 10.6 Å². The molecule has 3 amide bonds. The van der Waals surface area contributed by atoms with Gasteiger partial charge in [0.05, 0.1) is 6.33 Å². The number of rotatable bonds is 7. The molecule has 1 heterocycles. The second-order valence-electron chi connectivity index (χ2n) is 6.11. The van der Waals surface area contributed by atoms with Crippen LogP contribution in [0.3, 0.4) is 0 Å². The monoisotopic (exact) mass is 357 g/mol. The maximum Gasteiger partial charge on any atom is 0.251 e. The van der Waals surface area contributed by atoms with Crippen LogP contribution in [0.2, 0.25) is 0 Å². The molecule has 0 aliphatic carbocycles. The van der Waals surface area contributed by atoms with Crippen LogP contribution in [0.25, 0.3) is 0 Å². The molecule has 2 rings (SSSR count). The fourth-order valence-corrected chi connectivity index (χ4v) is 2.34. The molecule has 1 atom stereocenters. The number of carbonyl (C=O) groups is 3. The van der Waals surface area contributed by atoms with E-state index < -0.39 is 6.04 Å². The van der Waals surface area contributed by atoms with Gasteiger partial charge in [0.15, 0.2) is 0 Å². The highest BCUT2D eigenvalue weighted by Crippen LogP contribution is 2.11. The Morgan fingerprint density at radius 3 is 2.69 bits per heavy atom. The summed E-state index contributed by atoms with van der Waals surface area (Å²) in [4.78, 5) is 41.5. The summed E-state index contributed by atoms with van der Waals surface area (Å²) in [5, 5.41) is 5.41. The van der Waals surface area contributed by atoms with Crippen molar-refractivity contribution in [1.82, 2.24) is 19.8 Å². The van der Waals surface area contributed by atoms with Crippen molar-refractivity contribution in [2.24, 2.45) is 0 Å². The molecule has 26 heavy (non-hydrogen) atoms. The molecular weight excluding hydrogens is 334 g/mol. The second kappa shape index (κ2) is 8.80. The van der Waals surface area contributed by atoms with Crippen molar-refractivity contribution < 1.29 is 14.4 Å². The topological polar surface area (TPSA) is 96.3 Å². The van der Waals surface area contributed by atoms with Gasteiger partial charge in [-0.3, -0.25) is 14.4 Å². The number of benzene rings is 1. The van der Waals surface area contributed by atoms with Crippen molar-refractivity contribution in [1.29, 1.82) is 0 Å². The van der Waals surface area contributed by atoms with E-state index in [-0.39, 0.29) is 17.7 Å². The third-order valence-electron chi connectivity index (χ3n) is 3.72. The highest BCUT2D eigenvalue weighted by molar-refractivity contribution is 5.99. The molecule has 2 N–H and O–H groups in total. The second-order valence-corrected chi connectivity index (χ2v) is 6.11. The Labute approximate surface area is 152 Å². The summed E-state index contributed by atoms with van der Waals surface area (Å²) in [5.74, 6) is -0.725. The van der Waals surface area contributed by atoms with E-state index in [1.54, 1.807) is 64.0 Å². The molecule has 0 saturated heterocycles. The van der Waals surface area contributed by atoms with Crippen molar-refractivity contribution in [3.05, 3.63) is 48.5 Å². The fraction of sp³-hybridized carbons (Fsp3) is 0.333. The highest BCUT2D eigenvalue weighted by atomic mass is 16.2. The molecule has 1 unspecified atom stereocenters. The molecule has 1 aromatic carbocycles. The standard InChI is InChI=1S/C18H23N5O3/c1-13(18(26)22(2)3)20-17(25)14-5-4-6-15(11-14)21-16(24)7-9-23-10-8-19-12-23/h4-6,8,10-13H,7,9H2,1-3H3,(H,20,25)(H,21,24). The van der Waals surface area contributed by atoms with Crippen molar-refractivity contribution in [3.63, 3.8) is 0 Å². The normalized spacial score (nSPS) is 11.5. The van der Waals surface area contributed by atoms with E-state index in [1.165, 1.54) is 4.90 Å². The van der Waals surface area contributed by atoms with Crippen LogP contribution in [0.15, 0.2) is 43.0 Å². The van der Waals surface area contributed by atoms with Gasteiger partial charge in [-0.05, 0) is 25.1 Å². The molecule has 0 spiro atoms. The zero-order valence-corrected chi connectivity index (χ0v) is 15.1. The van der Waals surface area contributed by atoms with Gasteiger partial charge in [-0.2, -0.15) is 0 Å². The Morgan fingerprint density at radius 1 is 1.27 bits per heavy atom. The molecule has 2 aromatic rings. The van der Waals surface area contributed by atoms with E-state index in [0.717, 1.165) is 0 Å². The van der Waals surface area contributed by atoms with Crippen LogP contribution in [0.4, 0.5) is 5.69 Å². The molecule has 1 aromatic heterocycles. The van der Waals surface area contributed by atoms with Crippen LogP contribution in [0.1, 0.15) is 23.7 Å². The lowest BCUT2D eigenvalue weighted by Gasteiger charge is -2.18. The van der Waals surface area contributed by atoms with E-state index in [1.807, 2.05) is 4.57 Å². The Morgan fingerprint density at radius 2 is 2.04 bits per heavy atom. The first-order valence-corrected chi connectivity index (χ1v) is 8.24. The molecule has 8 nitrogen and oxygen atoms in total. The third-order valence-corrected chi connectivity index (χ3v) is 3.72. The van der Waals surface area contributed by atoms with Crippen molar-refractivity contribution >= 4 is 23.4 Å². The zero-order chi connectivity index (χ0) is 19.1. The Kier molecular flexibility index (Phi) is 6.48. The van der Waals surface area contributed by atoms with E-state index in [4.69, 9.17) is 0 Å². The van der Waals surface area contributed by atoms with Crippen molar-refractivity contribution in [3.8, 4) is 0 Å². The van der Waals surface area contributed by atoms with Gasteiger partial charge in [-0.15, -0.1) is 0 Å². The lowest BCUT2D eigenvalue weighted by Crippen LogP contribution is -2.44. The largest absolute Gasteiger partial charge is 0.347 e. The number of carbonyl (C=O) groups excluding carboxylic acids is 3. The number of aryl methyl sites for hydroxylation is 1. The zero-order valence-electron chi connectivity index (χ0n) is 15.1. The van der Waals surface area contributed by atoms with E-state index in [2.05, 4.69) is 15.6 Å². The maximum atomic E-state index is 12.3. The molecule has 0 aliphatic heterocycles. The Hall–Kier alpha value is -3.16. The van der Waals surface area contributed by atoms with Crippen molar-refractivity contribution in [2.45, 2.75) is 25.9 Å². The molecule has 138 valence electrons. The summed E-state index contributed by atoms with van der Waals surface area (Å²) in [6.45, 7) is 2.15. The average molecular weight is 357 g/mol. The van der Waals surface area contributed by atoms with Gasteiger partial charge in [0, 0.05) is 50.7 Å². The van der Waals surface area contributed by atoms with Gasteiger partial charge in [-0.25, -0.2) is 4.98 Å². The number of aromatic nitrogens is 2. The minimum Gasteiger partial charge on any atom is -0.347 e. The van der Waals surface area contributed by atoms with Crippen LogP contribution >= 0.6 is 0 Å². The number of nitrogens with one attached hydrogen (secondary N) is 2. The number of hydrogen-bond donors (Lipinski definition) is 2. The third kappa shape index (κ3) is 5.44. The molecular formula is C18H23N5O3. The molecule has 0 saturated carbocycles. The number of amides is 3. The lowest BCUT2D eigenvalue weighted by atomic mass is 10.1. The van der Waals surface area contributed by atoms with Crippen LogP contribution in [-0.4, -0.2) is 52.3 Å². The predicted molar refractivity (Wildman–Crippen MR) is 97.5 cm³/mol. The minimum absolute atomic E-state index is 0.160. The predicted octanol–water partition coefficient (Wildman–Crippen LogP) is 1.12. The van der Waals surface area contributed by atoms with Gasteiger partial charge >= 0.3 is 0 Å².